The maximum atomic E-state index is 3.44. The van der Waals surface area contributed by atoms with E-state index in [1.807, 2.05) is 13.8 Å². The van der Waals surface area contributed by atoms with Crippen LogP contribution >= 0.6 is 0 Å². The summed E-state index contributed by atoms with van der Waals surface area (Å²) >= 11 is 0. The lowest BCUT2D eigenvalue weighted by atomic mass is 9.88. The van der Waals surface area contributed by atoms with Gasteiger partial charge in [0.05, 0.1) is 0 Å². The van der Waals surface area contributed by atoms with E-state index < -0.39 is 0 Å². The van der Waals surface area contributed by atoms with Crippen molar-refractivity contribution < 1.29 is 0 Å². The van der Waals surface area contributed by atoms with Crippen LogP contribution in [0.4, 0.5) is 0 Å². The first kappa shape index (κ1) is 14.2. The number of hydrogen-bond donors (Lipinski definition) is 1. The Bertz CT molecular complexity index is 353. The Balaban J connectivity index is 0.000000686. The Morgan fingerprint density at radius 3 is 2.47 bits per heavy atom. The largest absolute Gasteiger partial charge is 0.312 e. The second-order valence-corrected chi connectivity index (χ2v) is 4.75. The number of nitrogens with one attached hydrogen (secondary N) is 1. The van der Waals surface area contributed by atoms with Crippen LogP contribution in [0.1, 0.15) is 62.8 Å². The predicted molar refractivity (Wildman–Crippen MR) is 76.7 cm³/mol. The molecule has 0 saturated carbocycles. The minimum Gasteiger partial charge on any atom is -0.312 e. The molecule has 0 unspecified atom stereocenters. The highest BCUT2D eigenvalue weighted by Gasteiger charge is 2.13. The molecule has 1 heterocycles. The highest BCUT2D eigenvalue weighted by atomic mass is 14.9. The summed E-state index contributed by atoms with van der Waals surface area (Å²) in [6.45, 7) is 13.0. The van der Waals surface area contributed by atoms with E-state index in [2.05, 4.69) is 38.2 Å². The van der Waals surface area contributed by atoms with E-state index in [0.29, 0.717) is 5.92 Å². The molecular weight excluding hydrogens is 206 g/mol. The average Bonchev–Trinajstić information content (AvgIpc) is 2.39. The third-order valence-electron chi connectivity index (χ3n) is 3.35. The molecule has 1 aromatic carbocycles. The monoisotopic (exact) mass is 233 g/mol. The molecular formula is C16H27N. The third kappa shape index (κ3) is 3.32. The van der Waals surface area contributed by atoms with Gasteiger partial charge in [0.25, 0.3) is 0 Å². The van der Waals surface area contributed by atoms with E-state index in [4.69, 9.17) is 0 Å². The van der Waals surface area contributed by atoms with Gasteiger partial charge in [-0.05, 0) is 47.6 Å². The quantitative estimate of drug-likeness (QED) is 0.813. The molecule has 0 aliphatic carbocycles. The van der Waals surface area contributed by atoms with Crippen molar-refractivity contribution >= 4 is 0 Å². The van der Waals surface area contributed by atoms with Crippen LogP contribution in [0.2, 0.25) is 0 Å². The van der Waals surface area contributed by atoms with E-state index in [0.717, 1.165) is 19.5 Å². The van der Waals surface area contributed by atoms with E-state index in [-0.39, 0.29) is 0 Å². The zero-order valence-corrected chi connectivity index (χ0v) is 12.1. The van der Waals surface area contributed by atoms with Crippen molar-refractivity contribution in [2.24, 2.45) is 0 Å². The second-order valence-electron chi connectivity index (χ2n) is 4.75. The van der Waals surface area contributed by atoms with Crippen LogP contribution in [-0.4, -0.2) is 6.54 Å². The lowest BCUT2D eigenvalue weighted by Crippen LogP contribution is -2.24. The Hall–Kier alpha value is -0.820. The molecule has 2 rings (SSSR count). The minimum atomic E-state index is 0.646. The summed E-state index contributed by atoms with van der Waals surface area (Å²) in [5.41, 5.74) is 6.17. The summed E-state index contributed by atoms with van der Waals surface area (Å²) in [6.07, 6.45) is 2.36. The van der Waals surface area contributed by atoms with Crippen molar-refractivity contribution in [3.63, 3.8) is 0 Å². The van der Waals surface area contributed by atoms with Crippen LogP contribution in [-0.2, 0) is 19.4 Å². The molecule has 0 atom stereocenters. The van der Waals surface area contributed by atoms with E-state index >= 15 is 0 Å². The number of aryl methyl sites for hydroxylation is 1. The fourth-order valence-corrected chi connectivity index (χ4v) is 2.45. The van der Waals surface area contributed by atoms with Crippen molar-refractivity contribution in [1.82, 2.24) is 5.32 Å². The molecule has 1 aliphatic heterocycles. The van der Waals surface area contributed by atoms with Crippen molar-refractivity contribution in [1.29, 1.82) is 0 Å². The molecule has 1 heteroatoms. The van der Waals surface area contributed by atoms with Gasteiger partial charge in [0.1, 0.15) is 0 Å². The SMILES string of the molecule is CC.CCc1cc2c(cc1C(C)C)CNCC2. The molecule has 1 aliphatic rings. The normalized spacial score (nSPS) is 14.0. The van der Waals surface area contributed by atoms with E-state index in [9.17, 15) is 0 Å². The molecule has 17 heavy (non-hydrogen) atoms. The maximum Gasteiger partial charge on any atom is 0.0208 e. The van der Waals surface area contributed by atoms with Crippen LogP contribution in [0.15, 0.2) is 12.1 Å². The van der Waals surface area contributed by atoms with Crippen LogP contribution in [0, 0.1) is 0 Å². The fourth-order valence-electron chi connectivity index (χ4n) is 2.45. The Labute approximate surface area is 107 Å². The van der Waals surface area contributed by atoms with Gasteiger partial charge in [-0.2, -0.15) is 0 Å². The van der Waals surface area contributed by atoms with Crippen LogP contribution in [0.25, 0.3) is 0 Å². The Morgan fingerprint density at radius 1 is 1.18 bits per heavy atom. The van der Waals surface area contributed by atoms with Gasteiger partial charge >= 0.3 is 0 Å². The predicted octanol–water partition coefficient (Wildman–Crippen LogP) is 4.04. The first-order valence-electron chi connectivity index (χ1n) is 7.07. The number of hydrogen-bond acceptors (Lipinski definition) is 1. The van der Waals surface area contributed by atoms with Gasteiger partial charge in [-0.15, -0.1) is 0 Å². The molecule has 0 saturated heterocycles. The average molecular weight is 233 g/mol. The number of benzene rings is 1. The van der Waals surface area contributed by atoms with Gasteiger partial charge < -0.3 is 5.32 Å². The molecule has 0 amide bonds. The molecule has 1 aromatic rings. The summed E-state index contributed by atoms with van der Waals surface area (Å²) in [5.74, 6) is 0.646. The molecule has 0 spiro atoms. The Morgan fingerprint density at radius 2 is 1.88 bits per heavy atom. The highest BCUT2D eigenvalue weighted by Crippen LogP contribution is 2.26. The molecule has 0 radical (unpaired) electrons. The Kier molecular flexibility index (Phi) is 5.70. The van der Waals surface area contributed by atoms with E-state index in [1.54, 1.807) is 16.7 Å². The van der Waals surface area contributed by atoms with Crippen molar-refractivity contribution in [3.05, 3.63) is 34.4 Å². The molecule has 0 aromatic heterocycles. The molecule has 0 fully saturated rings. The summed E-state index contributed by atoms with van der Waals surface area (Å²) in [7, 11) is 0. The van der Waals surface area contributed by atoms with Gasteiger partial charge in [-0.3, -0.25) is 0 Å². The summed E-state index contributed by atoms with van der Waals surface area (Å²) in [5, 5.41) is 3.44. The number of fused-ring (bicyclic) bond motifs is 1. The molecule has 96 valence electrons. The van der Waals surface area contributed by atoms with Crippen LogP contribution < -0.4 is 5.32 Å². The second kappa shape index (κ2) is 6.80. The first-order chi connectivity index (χ1) is 8.22. The highest BCUT2D eigenvalue weighted by molar-refractivity contribution is 5.41. The van der Waals surface area contributed by atoms with Gasteiger partial charge in [-0.1, -0.05) is 46.8 Å². The first-order valence-corrected chi connectivity index (χ1v) is 7.07. The van der Waals surface area contributed by atoms with Crippen molar-refractivity contribution in [3.8, 4) is 0 Å². The zero-order valence-electron chi connectivity index (χ0n) is 12.1. The summed E-state index contributed by atoms with van der Waals surface area (Å²) in [6, 6.07) is 4.86. The van der Waals surface area contributed by atoms with Crippen LogP contribution in [0.5, 0.6) is 0 Å². The minimum absolute atomic E-state index is 0.646. The fraction of sp³-hybridized carbons (Fsp3) is 0.625. The van der Waals surface area contributed by atoms with Gasteiger partial charge in [-0.25, -0.2) is 0 Å². The smallest absolute Gasteiger partial charge is 0.0208 e. The summed E-state index contributed by atoms with van der Waals surface area (Å²) < 4.78 is 0. The topological polar surface area (TPSA) is 12.0 Å². The molecule has 1 N–H and O–H groups in total. The van der Waals surface area contributed by atoms with Gasteiger partial charge in [0, 0.05) is 6.54 Å². The van der Waals surface area contributed by atoms with Gasteiger partial charge in [0.15, 0.2) is 0 Å². The molecule has 0 bridgehead atoms. The summed E-state index contributed by atoms with van der Waals surface area (Å²) in [4.78, 5) is 0. The standard InChI is InChI=1S/C14H21N.C2H6/c1-4-11-7-12-5-6-15-9-13(12)8-14(11)10(2)3;1-2/h7-8,10,15H,4-6,9H2,1-3H3;1-2H3. The zero-order chi connectivity index (χ0) is 12.8. The van der Waals surface area contributed by atoms with Crippen molar-refractivity contribution in [2.45, 2.75) is 59.9 Å². The lowest BCUT2D eigenvalue weighted by Gasteiger charge is -2.21. The van der Waals surface area contributed by atoms with Crippen LogP contribution in [0.3, 0.4) is 0 Å². The lowest BCUT2D eigenvalue weighted by molar-refractivity contribution is 0.640. The number of rotatable bonds is 2. The maximum absolute atomic E-state index is 3.44. The van der Waals surface area contributed by atoms with E-state index in [1.165, 1.54) is 12.0 Å². The third-order valence-corrected chi connectivity index (χ3v) is 3.35. The van der Waals surface area contributed by atoms with Gasteiger partial charge in [0.2, 0.25) is 0 Å². The molecule has 1 nitrogen and oxygen atoms in total. The van der Waals surface area contributed by atoms with Crippen molar-refractivity contribution in [2.75, 3.05) is 6.54 Å².